The third-order valence-corrected chi connectivity index (χ3v) is 5.32. The summed E-state index contributed by atoms with van der Waals surface area (Å²) in [4.78, 5) is 19.0. The summed E-state index contributed by atoms with van der Waals surface area (Å²) in [5.41, 5.74) is 2.03. The zero-order valence-electron chi connectivity index (χ0n) is 15.3. The van der Waals surface area contributed by atoms with Crippen molar-refractivity contribution in [1.82, 2.24) is 19.9 Å². The van der Waals surface area contributed by atoms with E-state index in [1.54, 1.807) is 0 Å². The van der Waals surface area contributed by atoms with Gasteiger partial charge < -0.3 is 9.64 Å². The van der Waals surface area contributed by atoms with Gasteiger partial charge in [0.15, 0.2) is 11.6 Å². The number of hydrogen-bond donors (Lipinski definition) is 0. The summed E-state index contributed by atoms with van der Waals surface area (Å²) in [7, 11) is 0. The second-order valence-corrected chi connectivity index (χ2v) is 7.31. The van der Waals surface area contributed by atoms with Crippen LogP contribution in [0, 0.1) is 25.6 Å². The molecule has 1 aliphatic heterocycles. The minimum atomic E-state index is -0.359. The van der Waals surface area contributed by atoms with Crippen LogP contribution in [0.15, 0.2) is 12.5 Å². The summed E-state index contributed by atoms with van der Waals surface area (Å²) in [6.45, 7) is 6.22. The van der Waals surface area contributed by atoms with Crippen LogP contribution >= 0.6 is 0 Å². The molecular formula is C19H24FN5O. The van der Waals surface area contributed by atoms with Crippen molar-refractivity contribution in [3.63, 3.8) is 0 Å². The number of nitrogens with zero attached hydrogens (tertiary/aromatic N) is 5. The topological polar surface area (TPSA) is 64.0 Å². The SMILES string of the molecule is Cc1nc(C2CC2)nc(OCC2CCN(c3ncncc3F)CC2)c1C. The van der Waals surface area contributed by atoms with E-state index in [1.165, 1.54) is 25.4 Å². The van der Waals surface area contributed by atoms with E-state index in [1.807, 2.05) is 18.7 Å². The molecule has 2 fully saturated rings. The van der Waals surface area contributed by atoms with Crippen LogP contribution in [-0.4, -0.2) is 39.6 Å². The Hall–Kier alpha value is -2.31. The van der Waals surface area contributed by atoms with E-state index < -0.39 is 0 Å². The molecule has 0 N–H and O–H groups in total. The van der Waals surface area contributed by atoms with Gasteiger partial charge in [0.2, 0.25) is 5.88 Å². The van der Waals surface area contributed by atoms with E-state index in [4.69, 9.17) is 4.74 Å². The Morgan fingerprint density at radius 2 is 1.92 bits per heavy atom. The van der Waals surface area contributed by atoms with E-state index in [0.717, 1.165) is 48.9 Å². The van der Waals surface area contributed by atoms with Crippen molar-refractivity contribution in [2.24, 2.45) is 5.92 Å². The van der Waals surface area contributed by atoms with Crippen molar-refractivity contribution in [3.05, 3.63) is 35.4 Å². The highest BCUT2D eigenvalue weighted by Crippen LogP contribution is 2.39. The lowest BCUT2D eigenvalue weighted by Gasteiger charge is -2.32. The summed E-state index contributed by atoms with van der Waals surface area (Å²) >= 11 is 0. The molecule has 26 heavy (non-hydrogen) atoms. The van der Waals surface area contributed by atoms with Crippen LogP contribution in [0.25, 0.3) is 0 Å². The van der Waals surface area contributed by atoms with Crippen LogP contribution < -0.4 is 9.64 Å². The van der Waals surface area contributed by atoms with Crippen LogP contribution in [0.4, 0.5) is 10.2 Å². The summed E-state index contributed by atoms with van der Waals surface area (Å²) in [6, 6.07) is 0. The van der Waals surface area contributed by atoms with Gasteiger partial charge in [-0.05, 0) is 45.4 Å². The van der Waals surface area contributed by atoms with Gasteiger partial charge in [-0.2, -0.15) is 4.98 Å². The summed E-state index contributed by atoms with van der Waals surface area (Å²) < 4.78 is 19.9. The number of hydrogen-bond acceptors (Lipinski definition) is 6. The first kappa shape index (κ1) is 17.1. The van der Waals surface area contributed by atoms with Gasteiger partial charge in [0.1, 0.15) is 12.2 Å². The quantitative estimate of drug-likeness (QED) is 0.819. The molecule has 4 rings (SSSR count). The minimum absolute atomic E-state index is 0.359. The molecule has 3 heterocycles. The summed E-state index contributed by atoms with van der Waals surface area (Å²) in [5.74, 6) is 2.65. The van der Waals surface area contributed by atoms with Gasteiger partial charge in [0.25, 0.3) is 0 Å². The van der Waals surface area contributed by atoms with Gasteiger partial charge in [0.05, 0.1) is 12.8 Å². The fraction of sp³-hybridized carbons (Fsp3) is 0.579. The number of anilines is 1. The maximum atomic E-state index is 13.8. The largest absolute Gasteiger partial charge is 0.477 e. The van der Waals surface area contributed by atoms with Crippen LogP contribution in [-0.2, 0) is 0 Å². The van der Waals surface area contributed by atoms with Crippen molar-refractivity contribution in [2.75, 3.05) is 24.6 Å². The predicted octanol–water partition coefficient (Wildman–Crippen LogP) is 3.20. The van der Waals surface area contributed by atoms with Gasteiger partial charge >= 0.3 is 0 Å². The number of piperidine rings is 1. The molecule has 2 aromatic heterocycles. The fourth-order valence-electron chi connectivity index (χ4n) is 3.34. The molecule has 1 saturated carbocycles. The lowest BCUT2D eigenvalue weighted by molar-refractivity contribution is 0.213. The molecule has 0 atom stereocenters. The average Bonchev–Trinajstić information content (AvgIpc) is 3.49. The highest BCUT2D eigenvalue weighted by molar-refractivity contribution is 5.38. The number of aromatic nitrogens is 4. The maximum Gasteiger partial charge on any atom is 0.219 e. The number of ether oxygens (including phenoxy) is 1. The molecule has 2 aliphatic rings. The average molecular weight is 357 g/mol. The van der Waals surface area contributed by atoms with E-state index in [2.05, 4.69) is 19.9 Å². The molecule has 0 unspecified atom stereocenters. The molecule has 138 valence electrons. The van der Waals surface area contributed by atoms with Crippen molar-refractivity contribution in [3.8, 4) is 5.88 Å². The second kappa shape index (κ2) is 7.13. The molecule has 0 radical (unpaired) electrons. The van der Waals surface area contributed by atoms with Gasteiger partial charge in [-0.3, -0.25) is 0 Å². The Bertz CT molecular complexity index is 787. The lowest BCUT2D eigenvalue weighted by Crippen LogP contribution is -2.36. The smallest absolute Gasteiger partial charge is 0.219 e. The standard InChI is InChI=1S/C19H24FN5O/c1-12-13(2)23-17(15-3-4-15)24-19(12)26-10-14-5-7-25(8-6-14)18-16(20)9-21-11-22-18/h9,11,14-15H,3-8,10H2,1-2H3. The van der Waals surface area contributed by atoms with Crippen molar-refractivity contribution >= 4 is 5.82 Å². The third kappa shape index (κ3) is 3.61. The Morgan fingerprint density at radius 3 is 2.62 bits per heavy atom. The molecule has 0 aromatic carbocycles. The van der Waals surface area contributed by atoms with Gasteiger partial charge in [-0.25, -0.2) is 19.3 Å². The first-order chi connectivity index (χ1) is 12.6. The van der Waals surface area contributed by atoms with Gasteiger partial charge in [-0.15, -0.1) is 0 Å². The highest BCUT2D eigenvalue weighted by atomic mass is 19.1. The zero-order chi connectivity index (χ0) is 18.1. The predicted molar refractivity (Wildman–Crippen MR) is 95.9 cm³/mol. The Kier molecular flexibility index (Phi) is 4.70. The number of aryl methyl sites for hydroxylation is 1. The lowest BCUT2D eigenvalue weighted by atomic mass is 9.98. The van der Waals surface area contributed by atoms with Gasteiger partial charge in [0, 0.05) is 30.3 Å². The first-order valence-corrected chi connectivity index (χ1v) is 9.30. The monoisotopic (exact) mass is 357 g/mol. The zero-order valence-corrected chi connectivity index (χ0v) is 15.3. The van der Waals surface area contributed by atoms with Crippen LogP contribution in [0.3, 0.4) is 0 Å². The summed E-state index contributed by atoms with van der Waals surface area (Å²) in [6.07, 6.45) is 6.87. The van der Waals surface area contributed by atoms with Crippen LogP contribution in [0.5, 0.6) is 5.88 Å². The molecule has 1 aliphatic carbocycles. The normalized spacial score (nSPS) is 18.2. The van der Waals surface area contributed by atoms with Crippen LogP contribution in [0.1, 0.15) is 48.7 Å². The molecule has 0 spiro atoms. The molecule has 0 amide bonds. The number of halogens is 1. The first-order valence-electron chi connectivity index (χ1n) is 9.30. The van der Waals surface area contributed by atoms with E-state index in [9.17, 15) is 4.39 Å². The van der Waals surface area contributed by atoms with E-state index >= 15 is 0 Å². The molecule has 7 heteroatoms. The maximum absolute atomic E-state index is 13.8. The Labute approximate surface area is 152 Å². The third-order valence-electron chi connectivity index (χ3n) is 5.32. The van der Waals surface area contributed by atoms with Crippen molar-refractivity contribution in [1.29, 1.82) is 0 Å². The van der Waals surface area contributed by atoms with Crippen LogP contribution in [0.2, 0.25) is 0 Å². The second-order valence-electron chi connectivity index (χ2n) is 7.31. The van der Waals surface area contributed by atoms with Gasteiger partial charge in [-0.1, -0.05) is 0 Å². The summed E-state index contributed by atoms with van der Waals surface area (Å²) in [5, 5.41) is 0. The molecular weight excluding hydrogens is 333 g/mol. The Balaban J connectivity index is 1.35. The fourth-order valence-corrected chi connectivity index (χ4v) is 3.34. The molecule has 6 nitrogen and oxygen atoms in total. The molecule has 0 bridgehead atoms. The Morgan fingerprint density at radius 1 is 1.15 bits per heavy atom. The molecule has 1 saturated heterocycles. The van der Waals surface area contributed by atoms with Crippen molar-refractivity contribution < 1.29 is 9.13 Å². The number of rotatable bonds is 5. The van der Waals surface area contributed by atoms with Crippen molar-refractivity contribution in [2.45, 2.75) is 45.4 Å². The highest BCUT2D eigenvalue weighted by Gasteiger charge is 2.28. The van der Waals surface area contributed by atoms with E-state index in [0.29, 0.717) is 24.3 Å². The van der Waals surface area contributed by atoms with E-state index in [-0.39, 0.29) is 5.82 Å². The minimum Gasteiger partial charge on any atom is -0.477 e. The molecule has 2 aromatic rings.